The summed E-state index contributed by atoms with van der Waals surface area (Å²) in [6, 6.07) is 14.9. The van der Waals surface area contributed by atoms with Crippen LogP contribution in [0.25, 0.3) is 10.9 Å². The Bertz CT molecular complexity index is 963. The molecule has 2 aromatic carbocycles. The number of amides is 2. The first kappa shape index (κ1) is 20.7. The number of fused-ring (bicyclic) bond motifs is 1. The van der Waals surface area contributed by atoms with Crippen LogP contribution in [0.1, 0.15) is 19.8 Å². The SMILES string of the molecule is COc1cc(NC(C)CCCNC(=O)Nc2ccc(Cl)cc2)c2ncccc2c1. The number of hydrogen-bond acceptors (Lipinski definition) is 4. The predicted octanol–water partition coefficient (Wildman–Crippen LogP) is 5.30. The van der Waals surface area contributed by atoms with Gasteiger partial charge in [0, 0.05) is 40.9 Å². The van der Waals surface area contributed by atoms with E-state index in [2.05, 4.69) is 27.9 Å². The van der Waals surface area contributed by atoms with Gasteiger partial charge < -0.3 is 20.7 Å². The van der Waals surface area contributed by atoms with E-state index >= 15 is 0 Å². The predicted molar refractivity (Wildman–Crippen MR) is 119 cm³/mol. The van der Waals surface area contributed by atoms with Crippen LogP contribution in [-0.2, 0) is 0 Å². The number of rotatable bonds is 8. The summed E-state index contributed by atoms with van der Waals surface area (Å²) in [5.74, 6) is 0.792. The van der Waals surface area contributed by atoms with Crippen molar-refractivity contribution in [2.75, 3.05) is 24.3 Å². The normalized spacial score (nSPS) is 11.7. The molecule has 29 heavy (non-hydrogen) atoms. The van der Waals surface area contributed by atoms with Gasteiger partial charge in [0.05, 0.1) is 18.3 Å². The summed E-state index contributed by atoms with van der Waals surface area (Å²) in [7, 11) is 1.66. The molecule has 0 saturated carbocycles. The van der Waals surface area contributed by atoms with E-state index in [0.717, 1.165) is 35.2 Å². The van der Waals surface area contributed by atoms with Crippen LogP contribution in [0.2, 0.25) is 5.02 Å². The highest BCUT2D eigenvalue weighted by molar-refractivity contribution is 6.30. The molecule has 0 bridgehead atoms. The molecule has 1 unspecified atom stereocenters. The Morgan fingerprint density at radius 2 is 2.00 bits per heavy atom. The second kappa shape index (κ2) is 9.98. The number of anilines is 2. The van der Waals surface area contributed by atoms with Gasteiger partial charge in [-0.15, -0.1) is 0 Å². The Hall–Kier alpha value is -2.99. The molecule has 1 aromatic heterocycles. The van der Waals surface area contributed by atoms with Crippen LogP contribution in [-0.4, -0.2) is 30.7 Å². The maximum Gasteiger partial charge on any atom is 0.319 e. The fraction of sp³-hybridized carbons (Fsp3) is 0.273. The van der Waals surface area contributed by atoms with Crippen LogP contribution < -0.4 is 20.7 Å². The molecule has 3 rings (SSSR count). The first-order chi connectivity index (χ1) is 14.0. The Kier molecular flexibility index (Phi) is 7.14. The molecule has 3 N–H and O–H groups in total. The van der Waals surface area contributed by atoms with Gasteiger partial charge in [0.25, 0.3) is 0 Å². The zero-order valence-corrected chi connectivity index (χ0v) is 17.3. The molecule has 3 aromatic rings. The molecule has 0 aliphatic rings. The van der Waals surface area contributed by atoms with Crippen molar-refractivity contribution in [2.24, 2.45) is 0 Å². The number of methoxy groups -OCH3 is 1. The Labute approximate surface area is 175 Å². The van der Waals surface area contributed by atoms with Crippen molar-refractivity contribution in [1.29, 1.82) is 0 Å². The van der Waals surface area contributed by atoms with E-state index in [0.29, 0.717) is 17.3 Å². The molecule has 1 heterocycles. The molecule has 152 valence electrons. The standard InChI is InChI=1S/C22H25ClN4O2/c1-15(5-3-12-25-22(28)27-18-9-7-17(23)8-10-18)26-20-14-19(29-2)13-16-6-4-11-24-21(16)20/h4,6-11,13-15,26H,3,5,12H2,1-2H3,(H2,25,27,28). The minimum atomic E-state index is -0.226. The van der Waals surface area contributed by atoms with Crippen molar-refractivity contribution in [3.05, 3.63) is 59.8 Å². The van der Waals surface area contributed by atoms with Crippen LogP contribution >= 0.6 is 11.6 Å². The minimum Gasteiger partial charge on any atom is -0.497 e. The first-order valence-corrected chi connectivity index (χ1v) is 9.92. The minimum absolute atomic E-state index is 0.216. The van der Waals surface area contributed by atoms with Crippen molar-refractivity contribution >= 4 is 39.9 Å². The number of benzene rings is 2. The lowest BCUT2D eigenvalue weighted by atomic mass is 10.1. The van der Waals surface area contributed by atoms with Gasteiger partial charge in [0.15, 0.2) is 0 Å². The lowest BCUT2D eigenvalue weighted by Gasteiger charge is -2.17. The number of nitrogens with one attached hydrogen (secondary N) is 3. The summed E-state index contributed by atoms with van der Waals surface area (Å²) in [5.41, 5.74) is 2.57. The summed E-state index contributed by atoms with van der Waals surface area (Å²) in [6.07, 6.45) is 3.53. The topological polar surface area (TPSA) is 75.3 Å². The van der Waals surface area contributed by atoms with E-state index in [1.54, 1.807) is 37.6 Å². The Morgan fingerprint density at radius 1 is 1.21 bits per heavy atom. The third kappa shape index (κ3) is 5.99. The first-order valence-electron chi connectivity index (χ1n) is 9.55. The number of pyridine rings is 1. The summed E-state index contributed by atoms with van der Waals surface area (Å²) in [4.78, 5) is 16.4. The molecular weight excluding hydrogens is 388 g/mol. The molecule has 0 aliphatic heterocycles. The van der Waals surface area contributed by atoms with Crippen LogP contribution in [0.4, 0.5) is 16.2 Å². The van der Waals surface area contributed by atoms with Gasteiger partial charge in [0.2, 0.25) is 0 Å². The van der Waals surface area contributed by atoms with E-state index in [-0.39, 0.29) is 12.1 Å². The third-order valence-electron chi connectivity index (χ3n) is 4.52. The largest absolute Gasteiger partial charge is 0.497 e. The van der Waals surface area contributed by atoms with Crippen molar-refractivity contribution in [2.45, 2.75) is 25.8 Å². The Balaban J connectivity index is 1.46. The molecule has 0 radical (unpaired) electrons. The number of urea groups is 1. The summed E-state index contributed by atoms with van der Waals surface area (Å²) in [6.45, 7) is 2.70. The number of ether oxygens (including phenoxy) is 1. The lowest BCUT2D eigenvalue weighted by Crippen LogP contribution is -2.30. The van der Waals surface area contributed by atoms with Crippen LogP contribution in [0.15, 0.2) is 54.7 Å². The van der Waals surface area contributed by atoms with E-state index in [9.17, 15) is 4.79 Å². The smallest absolute Gasteiger partial charge is 0.319 e. The van der Waals surface area contributed by atoms with Gasteiger partial charge in [-0.05, 0) is 56.2 Å². The van der Waals surface area contributed by atoms with Crippen LogP contribution in [0.5, 0.6) is 5.75 Å². The highest BCUT2D eigenvalue weighted by atomic mass is 35.5. The second-order valence-electron chi connectivity index (χ2n) is 6.83. The van der Waals surface area contributed by atoms with Crippen LogP contribution in [0.3, 0.4) is 0 Å². The van der Waals surface area contributed by atoms with E-state index < -0.39 is 0 Å². The van der Waals surface area contributed by atoms with Crippen molar-refractivity contribution < 1.29 is 9.53 Å². The third-order valence-corrected chi connectivity index (χ3v) is 4.77. The van der Waals surface area contributed by atoms with Gasteiger partial charge in [0.1, 0.15) is 5.75 Å². The van der Waals surface area contributed by atoms with E-state index in [1.807, 2.05) is 24.3 Å². The molecule has 2 amide bonds. The molecule has 0 aliphatic carbocycles. The molecule has 0 fully saturated rings. The van der Waals surface area contributed by atoms with Crippen molar-refractivity contribution in [3.63, 3.8) is 0 Å². The quantitative estimate of drug-likeness (QED) is 0.439. The molecule has 6 nitrogen and oxygen atoms in total. The molecule has 1 atom stereocenters. The zero-order valence-electron chi connectivity index (χ0n) is 16.5. The monoisotopic (exact) mass is 412 g/mol. The number of carbonyl (C=O) groups excluding carboxylic acids is 1. The molecule has 7 heteroatoms. The van der Waals surface area contributed by atoms with E-state index in [1.165, 1.54) is 0 Å². The van der Waals surface area contributed by atoms with Gasteiger partial charge in [-0.1, -0.05) is 17.7 Å². The summed E-state index contributed by atoms with van der Waals surface area (Å²) in [5, 5.41) is 10.8. The molecule has 0 spiro atoms. The maximum atomic E-state index is 12.0. The fourth-order valence-electron chi connectivity index (χ4n) is 3.05. The zero-order chi connectivity index (χ0) is 20.6. The van der Waals surface area contributed by atoms with Gasteiger partial charge in [-0.3, -0.25) is 4.98 Å². The number of aromatic nitrogens is 1. The number of hydrogen-bond donors (Lipinski definition) is 3. The fourth-order valence-corrected chi connectivity index (χ4v) is 3.17. The lowest BCUT2D eigenvalue weighted by molar-refractivity contribution is 0.252. The average molecular weight is 413 g/mol. The molecular formula is C22H25ClN4O2. The summed E-state index contributed by atoms with van der Waals surface area (Å²) >= 11 is 5.84. The average Bonchev–Trinajstić information content (AvgIpc) is 2.72. The highest BCUT2D eigenvalue weighted by Gasteiger charge is 2.09. The van der Waals surface area contributed by atoms with Gasteiger partial charge in [-0.25, -0.2) is 4.79 Å². The maximum absolute atomic E-state index is 12.0. The van der Waals surface area contributed by atoms with Crippen LogP contribution in [0, 0.1) is 0 Å². The number of nitrogens with zero attached hydrogens (tertiary/aromatic N) is 1. The number of halogens is 1. The molecule has 0 saturated heterocycles. The van der Waals surface area contributed by atoms with Crippen molar-refractivity contribution in [1.82, 2.24) is 10.3 Å². The van der Waals surface area contributed by atoms with E-state index in [4.69, 9.17) is 16.3 Å². The van der Waals surface area contributed by atoms with Gasteiger partial charge >= 0.3 is 6.03 Å². The Morgan fingerprint density at radius 3 is 2.76 bits per heavy atom. The van der Waals surface area contributed by atoms with Gasteiger partial charge in [-0.2, -0.15) is 0 Å². The second-order valence-corrected chi connectivity index (χ2v) is 7.26. The van der Waals surface area contributed by atoms with Crippen molar-refractivity contribution in [3.8, 4) is 5.75 Å². The number of carbonyl (C=O) groups is 1. The highest BCUT2D eigenvalue weighted by Crippen LogP contribution is 2.28. The summed E-state index contributed by atoms with van der Waals surface area (Å²) < 4.78 is 5.40.